The molecule has 2 amide bonds. The molecule has 10 heteroatoms. The number of thiocarbonyl (C=S) groups is 1. The van der Waals surface area contributed by atoms with Crippen LogP contribution in [-0.2, 0) is 0 Å². The number of hydrogen-bond donors (Lipinski definition) is 3. The molecule has 4 aromatic rings. The van der Waals surface area contributed by atoms with Crippen molar-refractivity contribution in [2.75, 3.05) is 10.6 Å². The highest BCUT2D eigenvalue weighted by Crippen LogP contribution is 2.25. The molecule has 0 heterocycles. The quantitative estimate of drug-likeness (QED) is 0.153. The normalized spacial score (nSPS) is 10.3. The molecule has 0 fully saturated rings. The number of nitrogens with zero attached hydrogens (tertiary/aromatic N) is 1. The van der Waals surface area contributed by atoms with E-state index < -0.39 is 10.8 Å². The summed E-state index contributed by atoms with van der Waals surface area (Å²) in [5.41, 5.74) is 3.34. The maximum Gasteiger partial charge on any atom is 0.270 e. The van der Waals surface area contributed by atoms with Gasteiger partial charge < -0.3 is 10.6 Å². The van der Waals surface area contributed by atoms with Crippen molar-refractivity contribution in [1.82, 2.24) is 5.32 Å². The summed E-state index contributed by atoms with van der Waals surface area (Å²) in [7, 11) is 0. The predicted molar refractivity (Wildman–Crippen MR) is 148 cm³/mol. The van der Waals surface area contributed by atoms with Crippen molar-refractivity contribution in [2.24, 2.45) is 0 Å². The first-order chi connectivity index (χ1) is 17.8. The van der Waals surface area contributed by atoms with Crippen molar-refractivity contribution in [3.05, 3.63) is 123 Å². The van der Waals surface area contributed by atoms with Gasteiger partial charge in [-0.1, -0.05) is 54.1 Å². The Morgan fingerprint density at radius 3 is 1.89 bits per heavy atom. The van der Waals surface area contributed by atoms with Crippen LogP contribution in [0.1, 0.15) is 20.7 Å². The second-order valence-electron chi connectivity index (χ2n) is 7.80. The molecule has 0 unspecified atom stereocenters. The van der Waals surface area contributed by atoms with Crippen molar-refractivity contribution in [2.45, 2.75) is 0 Å². The highest BCUT2D eigenvalue weighted by molar-refractivity contribution is 7.80. The zero-order chi connectivity index (χ0) is 26.4. The maximum absolute atomic E-state index is 12.6. The van der Waals surface area contributed by atoms with Gasteiger partial charge in [0.1, 0.15) is 0 Å². The first-order valence-corrected chi connectivity index (χ1v) is 11.7. The lowest BCUT2D eigenvalue weighted by molar-refractivity contribution is -0.384. The number of carbonyl (C=O) groups is 2. The van der Waals surface area contributed by atoms with Crippen LogP contribution >= 0.6 is 23.8 Å². The van der Waals surface area contributed by atoms with Gasteiger partial charge in [0.15, 0.2) is 5.11 Å². The molecule has 0 aliphatic rings. The number of non-ortho nitro benzene ring substituents is 1. The molecule has 0 atom stereocenters. The summed E-state index contributed by atoms with van der Waals surface area (Å²) in [6.07, 6.45) is 0. The number of halogens is 1. The van der Waals surface area contributed by atoms with Crippen molar-refractivity contribution in [3.63, 3.8) is 0 Å². The molecule has 0 spiro atoms. The molecule has 0 saturated heterocycles. The van der Waals surface area contributed by atoms with Crippen LogP contribution in [0.25, 0.3) is 11.1 Å². The number of benzene rings is 4. The molecule has 0 radical (unpaired) electrons. The van der Waals surface area contributed by atoms with Gasteiger partial charge in [-0.3, -0.25) is 25.0 Å². The molecule has 4 rings (SSSR count). The monoisotopic (exact) mass is 530 g/mol. The molecule has 4 aromatic carbocycles. The SMILES string of the molecule is O=C(NC(=S)Nc1ccc(-c2ccc(NC(=O)c3cc([N+](=O)[O-])ccc3Cl)cc2)cc1)c1ccccc1. The third-order valence-electron chi connectivity index (χ3n) is 5.29. The number of nitrogens with one attached hydrogen (secondary N) is 3. The number of nitro benzene ring substituents is 1. The number of carbonyl (C=O) groups excluding carboxylic acids is 2. The zero-order valence-corrected chi connectivity index (χ0v) is 20.7. The highest BCUT2D eigenvalue weighted by Gasteiger charge is 2.16. The summed E-state index contributed by atoms with van der Waals surface area (Å²) in [6.45, 7) is 0. The summed E-state index contributed by atoms with van der Waals surface area (Å²) in [4.78, 5) is 35.2. The fourth-order valence-electron chi connectivity index (χ4n) is 3.42. The highest BCUT2D eigenvalue weighted by atomic mass is 35.5. The number of amides is 2. The van der Waals surface area contributed by atoms with Gasteiger partial charge in [0, 0.05) is 29.1 Å². The smallest absolute Gasteiger partial charge is 0.270 e. The second-order valence-corrected chi connectivity index (χ2v) is 8.62. The maximum atomic E-state index is 12.6. The summed E-state index contributed by atoms with van der Waals surface area (Å²) in [5.74, 6) is -0.845. The minimum absolute atomic E-state index is 0.0147. The molecule has 3 N–H and O–H groups in total. The third kappa shape index (κ3) is 6.54. The van der Waals surface area contributed by atoms with Crippen LogP contribution in [0.2, 0.25) is 5.02 Å². The van der Waals surface area contributed by atoms with Gasteiger partial charge >= 0.3 is 0 Å². The minimum Gasteiger partial charge on any atom is -0.332 e. The lowest BCUT2D eigenvalue weighted by atomic mass is 10.0. The van der Waals surface area contributed by atoms with Gasteiger partial charge in [-0.15, -0.1) is 0 Å². The second kappa shape index (κ2) is 11.4. The predicted octanol–water partition coefficient (Wildman–Crippen LogP) is 6.29. The summed E-state index contributed by atoms with van der Waals surface area (Å²) in [6, 6.07) is 27.0. The molecule has 184 valence electrons. The van der Waals surface area contributed by atoms with E-state index in [0.717, 1.165) is 17.2 Å². The van der Waals surface area contributed by atoms with Gasteiger partial charge in [0.2, 0.25) is 0 Å². The van der Waals surface area contributed by atoms with E-state index in [1.165, 1.54) is 12.1 Å². The first kappa shape index (κ1) is 25.5. The Labute approximate surface area is 222 Å². The third-order valence-corrected chi connectivity index (χ3v) is 5.82. The van der Waals surface area contributed by atoms with E-state index >= 15 is 0 Å². The van der Waals surface area contributed by atoms with Gasteiger partial charge in [0.25, 0.3) is 17.5 Å². The van der Waals surface area contributed by atoms with Gasteiger partial charge in [-0.25, -0.2) is 0 Å². The Morgan fingerprint density at radius 2 is 1.32 bits per heavy atom. The largest absolute Gasteiger partial charge is 0.332 e. The average molecular weight is 531 g/mol. The van der Waals surface area contributed by atoms with Crippen LogP contribution in [0.5, 0.6) is 0 Å². The molecule has 37 heavy (non-hydrogen) atoms. The standard InChI is InChI=1S/C27H19ClN4O4S/c28-24-15-14-22(32(35)36)16-23(24)26(34)29-20-10-6-17(7-11-20)18-8-12-21(13-9-18)30-27(37)31-25(33)19-4-2-1-3-5-19/h1-16H,(H,29,34)(H2,30,31,33,37). The number of anilines is 2. The van der Waals surface area contributed by atoms with Crippen molar-refractivity contribution >= 4 is 57.8 Å². The first-order valence-electron chi connectivity index (χ1n) is 10.9. The fourth-order valence-corrected chi connectivity index (χ4v) is 3.83. The lowest BCUT2D eigenvalue weighted by Gasteiger charge is -2.11. The minimum atomic E-state index is -0.586. The topological polar surface area (TPSA) is 113 Å². The van der Waals surface area contributed by atoms with E-state index in [-0.39, 0.29) is 27.3 Å². The van der Waals surface area contributed by atoms with E-state index in [1.807, 2.05) is 42.5 Å². The molecule has 0 aliphatic heterocycles. The van der Waals surface area contributed by atoms with Crippen LogP contribution in [0.4, 0.5) is 17.1 Å². The molecular formula is C27H19ClN4O4S. The van der Waals surface area contributed by atoms with Crippen molar-refractivity contribution in [1.29, 1.82) is 0 Å². The van der Waals surface area contributed by atoms with Gasteiger partial charge in [-0.05, 0) is 65.8 Å². The van der Waals surface area contributed by atoms with E-state index in [1.54, 1.807) is 36.4 Å². The van der Waals surface area contributed by atoms with Crippen LogP contribution < -0.4 is 16.0 Å². The van der Waals surface area contributed by atoms with E-state index in [4.69, 9.17) is 23.8 Å². The Balaban J connectivity index is 1.37. The Hall–Kier alpha value is -4.60. The van der Waals surface area contributed by atoms with Crippen molar-refractivity contribution < 1.29 is 14.5 Å². The molecule has 0 bridgehead atoms. The number of nitro groups is 1. The van der Waals surface area contributed by atoms with Crippen molar-refractivity contribution in [3.8, 4) is 11.1 Å². The molecule has 8 nitrogen and oxygen atoms in total. The molecule has 0 aromatic heterocycles. The van der Waals surface area contributed by atoms with Crippen LogP contribution in [-0.4, -0.2) is 21.9 Å². The van der Waals surface area contributed by atoms with E-state index in [0.29, 0.717) is 16.9 Å². The fraction of sp³-hybridized carbons (Fsp3) is 0. The van der Waals surface area contributed by atoms with Crippen LogP contribution in [0.3, 0.4) is 0 Å². The zero-order valence-electron chi connectivity index (χ0n) is 19.1. The average Bonchev–Trinajstić information content (AvgIpc) is 2.90. The Morgan fingerprint density at radius 1 is 0.757 bits per heavy atom. The Kier molecular flexibility index (Phi) is 7.87. The number of rotatable bonds is 6. The molecule has 0 aliphatic carbocycles. The number of hydrogen-bond acceptors (Lipinski definition) is 5. The molecule has 0 saturated carbocycles. The summed E-state index contributed by atoms with van der Waals surface area (Å²) in [5, 5.41) is 19.6. The lowest BCUT2D eigenvalue weighted by Crippen LogP contribution is -2.34. The van der Waals surface area contributed by atoms with Gasteiger partial charge in [-0.2, -0.15) is 0 Å². The van der Waals surface area contributed by atoms with E-state index in [9.17, 15) is 19.7 Å². The summed E-state index contributed by atoms with van der Waals surface area (Å²) >= 11 is 11.3. The molecular weight excluding hydrogens is 512 g/mol. The van der Waals surface area contributed by atoms with Crippen LogP contribution in [0, 0.1) is 10.1 Å². The van der Waals surface area contributed by atoms with E-state index in [2.05, 4.69) is 16.0 Å². The van der Waals surface area contributed by atoms with Crippen LogP contribution in [0.15, 0.2) is 97.1 Å². The Bertz CT molecular complexity index is 1480. The summed E-state index contributed by atoms with van der Waals surface area (Å²) < 4.78 is 0. The van der Waals surface area contributed by atoms with Gasteiger partial charge in [0.05, 0.1) is 15.5 Å².